The number of alkyl halides is 3. The van der Waals surface area contributed by atoms with Crippen molar-refractivity contribution in [1.29, 1.82) is 0 Å². The highest BCUT2D eigenvalue weighted by Crippen LogP contribution is 2.40. The first-order valence-corrected chi connectivity index (χ1v) is 7.71. The second-order valence-corrected chi connectivity index (χ2v) is 6.20. The topological polar surface area (TPSA) is 69.6 Å². The molecule has 1 unspecified atom stereocenters. The van der Waals surface area contributed by atoms with Crippen molar-refractivity contribution in [3.05, 3.63) is 24.3 Å². The van der Waals surface area contributed by atoms with Crippen LogP contribution in [0.1, 0.15) is 12.8 Å². The molecule has 1 aromatic rings. The number of carboxylic acids is 1. The van der Waals surface area contributed by atoms with Gasteiger partial charge in [0.25, 0.3) is 0 Å². The second-order valence-electron chi connectivity index (χ2n) is 5.10. The molecule has 0 aliphatic carbocycles. The van der Waals surface area contributed by atoms with Crippen LogP contribution >= 0.6 is 11.8 Å². The van der Waals surface area contributed by atoms with Crippen LogP contribution in [0.3, 0.4) is 0 Å². The molecular formula is C14H15F3N2O3S. The number of nitrogens with zero attached hydrogens (tertiary/aromatic N) is 1. The molecule has 126 valence electrons. The lowest BCUT2D eigenvalue weighted by Crippen LogP contribution is -2.44. The molecule has 1 saturated heterocycles. The van der Waals surface area contributed by atoms with E-state index in [1.165, 1.54) is 29.2 Å². The average Bonchev–Trinajstić information content (AvgIpc) is 2.48. The van der Waals surface area contributed by atoms with Crippen LogP contribution in [0.4, 0.5) is 23.7 Å². The molecule has 1 aliphatic heterocycles. The zero-order valence-electron chi connectivity index (χ0n) is 12.0. The number of rotatable bonds is 3. The molecule has 2 rings (SSSR count). The highest BCUT2D eigenvalue weighted by molar-refractivity contribution is 8.00. The van der Waals surface area contributed by atoms with Crippen LogP contribution in [0.25, 0.3) is 0 Å². The fourth-order valence-corrected chi connectivity index (χ4v) is 2.97. The lowest BCUT2D eigenvalue weighted by Gasteiger charge is -2.30. The number of amides is 2. The third-order valence-electron chi connectivity index (χ3n) is 3.41. The fourth-order valence-electron chi connectivity index (χ4n) is 2.34. The number of urea groups is 1. The normalized spacial score (nSPS) is 18.6. The van der Waals surface area contributed by atoms with Gasteiger partial charge >= 0.3 is 17.5 Å². The Hall–Kier alpha value is -1.90. The van der Waals surface area contributed by atoms with Crippen LogP contribution in [0.2, 0.25) is 0 Å². The summed E-state index contributed by atoms with van der Waals surface area (Å²) in [6, 6.07) is 5.03. The molecule has 0 aromatic heterocycles. The van der Waals surface area contributed by atoms with Gasteiger partial charge in [-0.3, -0.25) is 4.79 Å². The Morgan fingerprint density at radius 1 is 1.30 bits per heavy atom. The first-order valence-electron chi connectivity index (χ1n) is 6.90. The number of halogens is 3. The summed E-state index contributed by atoms with van der Waals surface area (Å²) < 4.78 is 37.6. The van der Waals surface area contributed by atoms with E-state index in [0.29, 0.717) is 19.4 Å². The molecule has 2 N–H and O–H groups in total. The quantitative estimate of drug-likeness (QED) is 0.819. The van der Waals surface area contributed by atoms with Gasteiger partial charge in [0.2, 0.25) is 0 Å². The molecule has 0 bridgehead atoms. The Kier molecular flexibility index (Phi) is 5.40. The van der Waals surface area contributed by atoms with Gasteiger partial charge in [0.05, 0.1) is 11.6 Å². The van der Waals surface area contributed by atoms with E-state index in [1.54, 1.807) is 0 Å². The third-order valence-corrected chi connectivity index (χ3v) is 4.22. The predicted molar refractivity (Wildman–Crippen MR) is 79.3 cm³/mol. The minimum atomic E-state index is -4.46. The van der Waals surface area contributed by atoms with E-state index in [-0.39, 0.29) is 28.9 Å². The summed E-state index contributed by atoms with van der Waals surface area (Å²) in [5.74, 6) is -1.62. The molecule has 9 heteroatoms. The number of anilines is 1. The number of aliphatic carboxylic acids is 1. The number of likely N-dealkylation sites (tertiary alicyclic amines) is 1. The summed E-state index contributed by atoms with van der Waals surface area (Å²) in [6.45, 7) is 0.430. The van der Waals surface area contributed by atoms with Gasteiger partial charge in [-0.05, 0) is 36.7 Å². The van der Waals surface area contributed by atoms with Gasteiger partial charge in [0.15, 0.2) is 0 Å². The van der Waals surface area contributed by atoms with Gasteiger partial charge in [-0.25, -0.2) is 4.79 Å². The highest BCUT2D eigenvalue weighted by atomic mass is 32.2. The maximum atomic E-state index is 12.5. The molecule has 0 radical (unpaired) electrons. The Balaban J connectivity index is 2.07. The van der Waals surface area contributed by atoms with Crippen molar-refractivity contribution in [2.75, 3.05) is 18.4 Å². The van der Waals surface area contributed by atoms with Crippen LogP contribution in [-0.4, -0.2) is 40.6 Å². The van der Waals surface area contributed by atoms with Crippen molar-refractivity contribution in [2.24, 2.45) is 5.92 Å². The zero-order chi connectivity index (χ0) is 17.0. The average molecular weight is 348 g/mol. The van der Waals surface area contributed by atoms with Crippen LogP contribution in [0.5, 0.6) is 0 Å². The van der Waals surface area contributed by atoms with E-state index in [0.717, 1.165) is 0 Å². The molecule has 1 atom stereocenters. The number of carbonyl (C=O) groups is 2. The summed E-state index contributed by atoms with van der Waals surface area (Å²) in [6.07, 6.45) is 1.03. The Bertz CT molecular complexity index is 595. The van der Waals surface area contributed by atoms with Crippen molar-refractivity contribution in [3.8, 4) is 0 Å². The number of nitrogens with one attached hydrogen (secondary N) is 1. The van der Waals surface area contributed by atoms with Crippen molar-refractivity contribution < 1.29 is 27.9 Å². The first kappa shape index (κ1) is 17.5. The Labute approximate surface area is 134 Å². The van der Waals surface area contributed by atoms with Gasteiger partial charge < -0.3 is 15.3 Å². The number of hydrogen-bond donors (Lipinski definition) is 2. The number of carboxylic acid groups (broad SMARTS) is 1. The minimum Gasteiger partial charge on any atom is -0.481 e. The summed E-state index contributed by atoms with van der Waals surface area (Å²) in [7, 11) is 0. The Morgan fingerprint density at radius 2 is 2.00 bits per heavy atom. The lowest BCUT2D eigenvalue weighted by molar-refractivity contribution is -0.143. The number of hydrogen-bond acceptors (Lipinski definition) is 3. The number of para-hydroxylation sites is 1. The number of carbonyl (C=O) groups excluding carboxylic acids is 1. The van der Waals surface area contributed by atoms with E-state index in [4.69, 9.17) is 5.11 Å². The van der Waals surface area contributed by atoms with E-state index in [9.17, 15) is 22.8 Å². The summed E-state index contributed by atoms with van der Waals surface area (Å²) in [4.78, 5) is 24.4. The SMILES string of the molecule is O=C(O)C1CCCN(C(=O)Nc2ccccc2SC(F)(F)F)C1. The molecule has 5 nitrogen and oxygen atoms in total. The van der Waals surface area contributed by atoms with Gasteiger partial charge in [0, 0.05) is 18.0 Å². The van der Waals surface area contributed by atoms with E-state index < -0.39 is 23.4 Å². The summed E-state index contributed by atoms with van der Waals surface area (Å²) in [5.41, 5.74) is -4.40. The molecule has 1 fully saturated rings. The number of piperidine rings is 1. The molecule has 23 heavy (non-hydrogen) atoms. The molecule has 0 saturated carbocycles. The van der Waals surface area contributed by atoms with Crippen molar-refractivity contribution >= 4 is 29.4 Å². The maximum Gasteiger partial charge on any atom is 0.446 e. The monoisotopic (exact) mass is 348 g/mol. The zero-order valence-corrected chi connectivity index (χ0v) is 12.8. The standard InChI is InChI=1S/C14H15F3N2O3S/c15-14(16,17)23-11-6-2-1-5-10(11)18-13(22)19-7-3-4-9(8-19)12(20)21/h1-2,5-6,9H,3-4,7-8H2,(H,18,22)(H,20,21). The van der Waals surface area contributed by atoms with Crippen molar-refractivity contribution in [1.82, 2.24) is 4.90 Å². The van der Waals surface area contributed by atoms with Crippen LogP contribution in [0, 0.1) is 5.92 Å². The molecule has 1 heterocycles. The fraction of sp³-hybridized carbons (Fsp3) is 0.429. The third kappa shape index (κ3) is 5.05. The molecular weight excluding hydrogens is 333 g/mol. The van der Waals surface area contributed by atoms with Gasteiger partial charge in [-0.15, -0.1) is 0 Å². The largest absolute Gasteiger partial charge is 0.481 e. The van der Waals surface area contributed by atoms with Crippen LogP contribution in [-0.2, 0) is 4.79 Å². The molecule has 1 aromatic carbocycles. The number of benzene rings is 1. The van der Waals surface area contributed by atoms with Crippen molar-refractivity contribution in [2.45, 2.75) is 23.2 Å². The smallest absolute Gasteiger partial charge is 0.446 e. The van der Waals surface area contributed by atoms with Gasteiger partial charge in [0.1, 0.15) is 0 Å². The minimum absolute atomic E-state index is 0.0513. The molecule has 1 aliphatic rings. The lowest BCUT2D eigenvalue weighted by atomic mass is 9.99. The maximum absolute atomic E-state index is 12.5. The van der Waals surface area contributed by atoms with E-state index >= 15 is 0 Å². The second kappa shape index (κ2) is 7.12. The molecule has 0 spiro atoms. The van der Waals surface area contributed by atoms with Crippen LogP contribution in [0.15, 0.2) is 29.2 Å². The van der Waals surface area contributed by atoms with E-state index in [2.05, 4.69) is 5.32 Å². The summed E-state index contributed by atoms with van der Waals surface area (Å²) in [5, 5.41) is 11.4. The first-order chi connectivity index (χ1) is 10.8. The molecule has 2 amide bonds. The van der Waals surface area contributed by atoms with Crippen LogP contribution < -0.4 is 5.32 Å². The highest BCUT2D eigenvalue weighted by Gasteiger charge is 2.31. The predicted octanol–water partition coefficient (Wildman–Crippen LogP) is 3.63. The van der Waals surface area contributed by atoms with Crippen molar-refractivity contribution in [3.63, 3.8) is 0 Å². The van der Waals surface area contributed by atoms with E-state index in [1.807, 2.05) is 0 Å². The summed E-state index contributed by atoms with van der Waals surface area (Å²) >= 11 is -0.306. The van der Waals surface area contributed by atoms with Gasteiger partial charge in [-0.1, -0.05) is 12.1 Å². The number of thioether (sulfide) groups is 1. The Morgan fingerprint density at radius 3 is 2.65 bits per heavy atom. The van der Waals surface area contributed by atoms with Gasteiger partial charge in [-0.2, -0.15) is 13.2 Å².